The van der Waals surface area contributed by atoms with Gasteiger partial charge in [-0.3, -0.25) is 9.89 Å². The molecule has 4 heterocycles. The first-order valence-electron chi connectivity index (χ1n) is 11.2. The Bertz CT molecular complexity index is 1400. The van der Waals surface area contributed by atoms with E-state index < -0.39 is 0 Å². The van der Waals surface area contributed by atoms with Crippen LogP contribution < -0.4 is 14.8 Å². The fourth-order valence-electron chi connectivity index (χ4n) is 4.47. The number of carbonyl (C=O) groups is 1. The van der Waals surface area contributed by atoms with Gasteiger partial charge in [0.25, 0.3) is 0 Å². The number of anilines is 1. The highest BCUT2D eigenvalue weighted by atomic mass is 35.5. The lowest BCUT2D eigenvalue weighted by molar-refractivity contribution is -0.116. The van der Waals surface area contributed by atoms with Crippen LogP contribution in [0.2, 0.25) is 5.02 Å². The van der Waals surface area contributed by atoms with E-state index in [0.717, 1.165) is 46.0 Å². The number of nitrogens with zero attached hydrogens (tertiary/aromatic N) is 2. The SMILES string of the molecule is O=C1CCc2c(Oc3ccc4c(c3)CC(c3cc(-c5ccccc5Cl)n[nH]3)CO4)ccnc2N1. The number of halogens is 1. The smallest absolute Gasteiger partial charge is 0.225 e. The number of hydrogen-bond donors (Lipinski definition) is 2. The molecule has 2 aliphatic heterocycles. The summed E-state index contributed by atoms with van der Waals surface area (Å²) >= 11 is 6.34. The van der Waals surface area contributed by atoms with Gasteiger partial charge in [-0.1, -0.05) is 29.8 Å². The second-order valence-corrected chi connectivity index (χ2v) is 8.86. The van der Waals surface area contributed by atoms with Gasteiger partial charge in [-0.25, -0.2) is 4.98 Å². The molecule has 0 radical (unpaired) electrons. The van der Waals surface area contributed by atoms with Crippen molar-refractivity contribution in [3.63, 3.8) is 0 Å². The average Bonchev–Trinajstić information content (AvgIpc) is 3.34. The van der Waals surface area contributed by atoms with Crippen LogP contribution >= 0.6 is 11.6 Å². The maximum atomic E-state index is 11.7. The van der Waals surface area contributed by atoms with Gasteiger partial charge in [0.1, 0.15) is 23.1 Å². The van der Waals surface area contributed by atoms with Gasteiger partial charge in [-0.15, -0.1) is 0 Å². The number of pyridine rings is 1. The summed E-state index contributed by atoms with van der Waals surface area (Å²) in [6.07, 6.45) is 3.47. The lowest BCUT2D eigenvalue weighted by Crippen LogP contribution is -2.20. The summed E-state index contributed by atoms with van der Waals surface area (Å²) in [6.45, 7) is 0.564. The Morgan fingerprint density at radius 3 is 2.91 bits per heavy atom. The van der Waals surface area contributed by atoms with Gasteiger partial charge in [-0.2, -0.15) is 5.10 Å². The number of benzene rings is 2. The number of aromatic nitrogens is 3. The molecule has 34 heavy (non-hydrogen) atoms. The average molecular weight is 473 g/mol. The number of rotatable bonds is 4. The predicted molar refractivity (Wildman–Crippen MR) is 129 cm³/mol. The van der Waals surface area contributed by atoms with E-state index in [9.17, 15) is 4.79 Å². The van der Waals surface area contributed by atoms with E-state index in [1.807, 2.05) is 54.6 Å². The largest absolute Gasteiger partial charge is 0.493 e. The molecule has 0 saturated carbocycles. The Morgan fingerprint density at radius 2 is 2.00 bits per heavy atom. The topological polar surface area (TPSA) is 89.1 Å². The minimum Gasteiger partial charge on any atom is -0.493 e. The zero-order chi connectivity index (χ0) is 23.1. The molecule has 1 amide bonds. The minimum atomic E-state index is -0.0226. The standard InChI is InChI=1S/C26H21ClN4O3/c27-20-4-2-1-3-18(20)22-13-21(30-31-22)16-11-15-12-17(5-7-23(15)33-14-16)34-24-9-10-28-26-19(24)6-8-25(32)29-26/h1-5,7,9-10,12-13,16H,6,8,11,14H2,(H,30,31)(H,28,29,32). The molecule has 1 unspecified atom stereocenters. The van der Waals surface area contributed by atoms with E-state index in [4.69, 9.17) is 21.1 Å². The summed E-state index contributed by atoms with van der Waals surface area (Å²) in [5.41, 5.74) is 4.71. The first-order valence-corrected chi connectivity index (χ1v) is 11.5. The van der Waals surface area contributed by atoms with Crippen molar-refractivity contribution < 1.29 is 14.3 Å². The quantitative estimate of drug-likeness (QED) is 0.408. The fourth-order valence-corrected chi connectivity index (χ4v) is 4.70. The summed E-state index contributed by atoms with van der Waals surface area (Å²) in [6, 6.07) is 17.4. The molecule has 0 spiro atoms. The van der Waals surface area contributed by atoms with Crippen molar-refractivity contribution in [2.45, 2.75) is 25.2 Å². The number of aromatic amines is 1. The van der Waals surface area contributed by atoms with Crippen molar-refractivity contribution in [1.29, 1.82) is 0 Å². The van der Waals surface area contributed by atoms with Crippen LogP contribution in [-0.4, -0.2) is 27.7 Å². The second kappa shape index (κ2) is 8.50. The number of hydrogen-bond acceptors (Lipinski definition) is 5. The zero-order valence-electron chi connectivity index (χ0n) is 18.2. The van der Waals surface area contributed by atoms with Gasteiger partial charge in [0, 0.05) is 35.4 Å². The fraction of sp³-hybridized carbons (Fsp3) is 0.192. The molecule has 4 aromatic rings. The Balaban J connectivity index is 1.23. The molecule has 1 atom stereocenters. The monoisotopic (exact) mass is 472 g/mol. The van der Waals surface area contributed by atoms with Crippen LogP contribution in [0.1, 0.15) is 29.2 Å². The number of amides is 1. The van der Waals surface area contributed by atoms with E-state index in [1.54, 1.807) is 6.20 Å². The molecule has 2 aromatic carbocycles. The van der Waals surface area contributed by atoms with Crippen molar-refractivity contribution >= 4 is 23.3 Å². The summed E-state index contributed by atoms with van der Waals surface area (Å²) in [5.74, 6) is 2.97. The number of H-pyrrole nitrogens is 1. The van der Waals surface area contributed by atoms with Crippen molar-refractivity contribution in [3.8, 4) is 28.5 Å². The van der Waals surface area contributed by atoms with Crippen LogP contribution in [0.15, 0.2) is 60.8 Å². The number of fused-ring (bicyclic) bond motifs is 2. The van der Waals surface area contributed by atoms with Crippen LogP contribution in [0.25, 0.3) is 11.3 Å². The predicted octanol–water partition coefficient (Wildman–Crippen LogP) is 5.52. The number of ether oxygens (including phenoxy) is 2. The van der Waals surface area contributed by atoms with Gasteiger partial charge >= 0.3 is 0 Å². The van der Waals surface area contributed by atoms with E-state index in [1.165, 1.54) is 0 Å². The second-order valence-electron chi connectivity index (χ2n) is 8.46. The Labute approximate surface area is 201 Å². The molecule has 2 aliphatic rings. The highest BCUT2D eigenvalue weighted by molar-refractivity contribution is 6.33. The summed E-state index contributed by atoms with van der Waals surface area (Å²) < 4.78 is 12.3. The highest BCUT2D eigenvalue weighted by Crippen LogP contribution is 2.38. The van der Waals surface area contributed by atoms with Gasteiger partial charge in [0.05, 0.1) is 17.3 Å². The van der Waals surface area contributed by atoms with E-state index in [-0.39, 0.29) is 11.8 Å². The third kappa shape index (κ3) is 3.88. The molecule has 8 heteroatoms. The molecule has 0 aliphatic carbocycles. The maximum Gasteiger partial charge on any atom is 0.225 e. The van der Waals surface area contributed by atoms with Crippen molar-refractivity contribution in [2.24, 2.45) is 0 Å². The van der Waals surface area contributed by atoms with Crippen molar-refractivity contribution in [3.05, 3.63) is 82.6 Å². The first kappa shape index (κ1) is 20.7. The highest BCUT2D eigenvalue weighted by Gasteiger charge is 2.25. The van der Waals surface area contributed by atoms with Gasteiger partial charge < -0.3 is 14.8 Å². The van der Waals surface area contributed by atoms with Gasteiger partial charge in [0.15, 0.2) is 0 Å². The summed E-state index contributed by atoms with van der Waals surface area (Å²) in [4.78, 5) is 15.9. The van der Waals surface area contributed by atoms with E-state index >= 15 is 0 Å². The first-order chi connectivity index (χ1) is 16.6. The molecule has 2 aromatic heterocycles. The van der Waals surface area contributed by atoms with Crippen LogP contribution in [0, 0.1) is 0 Å². The van der Waals surface area contributed by atoms with Crippen LogP contribution in [-0.2, 0) is 17.6 Å². The molecular formula is C26H21ClN4O3. The van der Waals surface area contributed by atoms with Crippen LogP contribution in [0.4, 0.5) is 5.82 Å². The normalized spacial score (nSPS) is 16.7. The molecular weight excluding hydrogens is 452 g/mol. The summed E-state index contributed by atoms with van der Waals surface area (Å²) in [7, 11) is 0. The van der Waals surface area contributed by atoms with E-state index in [0.29, 0.717) is 36.0 Å². The van der Waals surface area contributed by atoms with Crippen LogP contribution in [0.5, 0.6) is 17.2 Å². The van der Waals surface area contributed by atoms with Crippen LogP contribution in [0.3, 0.4) is 0 Å². The molecule has 6 rings (SSSR count). The lowest BCUT2D eigenvalue weighted by Gasteiger charge is -2.25. The minimum absolute atomic E-state index is 0.0226. The molecule has 0 fully saturated rings. The maximum absolute atomic E-state index is 11.7. The zero-order valence-corrected chi connectivity index (χ0v) is 18.9. The molecule has 0 bridgehead atoms. The van der Waals surface area contributed by atoms with Crippen molar-refractivity contribution in [2.75, 3.05) is 11.9 Å². The molecule has 170 valence electrons. The Morgan fingerprint density at radius 1 is 1.09 bits per heavy atom. The van der Waals surface area contributed by atoms with Crippen molar-refractivity contribution in [1.82, 2.24) is 15.2 Å². The molecule has 0 saturated heterocycles. The van der Waals surface area contributed by atoms with Gasteiger partial charge in [0.2, 0.25) is 5.91 Å². The Hall–Kier alpha value is -3.84. The molecule has 2 N–H and O–H groups in total. The third-order valence-corrected chi connectivity index (χ3v) is 6.56. The lowest BCUT2D eigenvalue weighted by atomic mass is 9.93. The van der Waals surface area contributed by atoms with E-state index in [2.05, 4.69) is 20.5 Å². The number of carbonyl (C=O) groups excluding carboxylic acids is 1. The third-order valence-electron chi connectivity index (χ3n) is 6.23. The molecule has 7 nitrogen and oxygen atoms in total. The number of nitrogens with one attached hydrogen (secondary N) is 2. The Kier molecular flexibility index (Phi) is 5.19. The summed E-state index contributed by atoms with van der Waals surface area (Å²) in [5, 5.41) is 11.1. The van der Waals surface area contributed by atoms with Gasteiger partial charge in [-0.05, 0) is 54.8 Å².